The van der Waals surface area contributed by atoms with Gasteiger partial charge in [-0.15, -0.1) is 0 Å². The predicted octanol–water partition coefficient (Wildman–Crippen LogP) is 4.29. The Morgan fingerprint density at radius 3 is 2.71 bits per heavy atom. The van der Waals surface area contributed by atoms with Crippen LogP contribution in [-0.2, 0) is 6.54 Å². The molecule has 4 rings (SSSR count). The average Bonchev–Trinajstić information content (AvgIpc) is 3.17. The lowest BCUT2D eigenvalue weighted by molar-refractivity contribution is 0.102. The molecule has 0 saturated heterocycles. The van der Waals surface area contributed by atoms with Crippen LogP contribution in [0, 0.1) is 13.8 Å². The summed E-state index contributed by atoms with van der Waals surface area (Å²) in [5.74, 6) is 2.04. The van der Waals surface area contributed by atoms with E-state index in [1.54, 1.807) is 18.3 Å². The van der Waals surface area contributed by atoms with E-state index in [2.05, 4.69) is 15.6 Å². The number of aryl methyl sites for hydroxylation is 2. The van der Waals surface area contributed by atoms with Gasteiger partial charge in [0, 0.05) is 18.4 Å². The molecular formula is C22H21N3O3. The van der Waals surface area contributed by atoms with Gasteiger partial charge in [0.05, 0.1) is 5.56 Å². The van der Waals surface area contributed by atoms with Crippen LogP contribution in [0.3, 0.4) is 0 Å². The number of pyridine rings is 1. The minimum absolute atomic E-state index is 0.177. The van der Waals surface area contributed by atoms with Crippen molar-refractivity contribution in [3.05, 3.63) is 77.0 Å². The zero-order chi connectivity index (χ0) is 19.5. The number of ether oxygens (including phenoxy) is 2. The molecule has 1 aromatic heterocycles. The lowest BCUT2D eigenvalue weighted by Gasteiger charge is -2.10. The van der Waals surface area contributed by atoms with Crippen LogP contribution in [0.25, 0.3) is 0 Å². The summed E-state index contributed by atoms with van der Waals surface area (Å²) in [6, 6.07) is 15.4. The SMILES string of the molecule is Cc1ccc(C)c(NC(=O)c2ccc(NCc3ccc4c(c3)OCO4)nc2)c1. The Morgan fingerprint density at radius 1 is 1.04 bits per heavy atom. The van der Waals surface area contributed by atoms with Gasteiger partial charge in [-0.2, -0.15) is 0 Å². The van der Waals surface area contributed by atoms with Crippen molar-refractivity contribution < 1.29 is 14.3 Å². The number of nitrogens with zero attached hydrogens (tertiary/aromatic N) is 1. The van der Waals surface area contributed by atoms with Crippen LogP contribution < -0.4 is 20.1 Å². The van der Waals surface area contributed by atoms with Crippen LogP contribution in [0.4, 0.5) is 11.5 Å². The molecule has 0 bridgehead atoms. The summed E-state index contributed by atoms with van der Waals surface area (Å²) in [6.45, 7) is 4.82. The van der Waals surface area contributed by atoms with E-state index in [-0.39, 0.29) is 12.7 Å². The molecule has 6 heteroatoms. The van der Waals surface area contributed by atoms with Gasteiger partial charge in [-0.1, -0.05) is 18.2 Å². The molecule has 142 valence electrons. The molecule has 0 fully saturated rings. The molecular weight excluding hydrogens is 354 g/mol. The summed E-state index contributed by atoms with van der Waals surface area (Å²) in [5.41, 5.74) is 4.50. The Balaban J connectivity index is 1.38. The van der Waals surface area contributed by atoms with E-state index in [1.165, 1.54) is 0 Å². The van der Waals surface area contributed by atoms with Crippen molar-refractivity contribution in [3.63, 3.8) is 0 Å². The molecule has 0 atom stereocenters. The summed E-state index contributed by atoms with van der Waals surface area (Å²) >= 11 is 0. The van der Waals surface area contributed by atoms with Crippen LogP contribution in [0.1, 0.15) is 27.0 Å². The standard InChI is InChI=1S/C22H21N3O3/c1-14-3-4-15(2)18(9-14)25-22(26)17-6-8-21(24-12-17)23-11-16-5-7-19-20(10-16)28-13-27-19/h3-10,12H,11,13H2,1-2H3,(H,23,24)(H,25,26). The number of aromatic nitrogens is 1. The molecule has 3 aromatic rings. The first-order valence-electron chi connectivity index (χ1n) is 9.05. The van der Waals surface area contributed by atoms with Gasteiger partial charge in [-0.05, 0) is 60.9 Å². The first-order valence-corrected chi connectivity index (χ1v) is 9.05. The Labute approximate surface area is 163 Å². The van der Waals surface area contributed by atoms with Crippen molar-refractivity contribution in [2.24, 2.45) is 0 Å². The predicted molar refractivity (Wildman–Crippen MR) is 108 cm³/mol. The zero-order valence-corrected chi connectivity index (χ0v) is 15.8. The second-order valence-corrected chi connectivity index (χ2v) is 6.75. The highest BCUT2D eigenvalue weighted by molar-refractivity contribution is 6.04. The quantitative estimate of drug-likeness (QED) is 0.696. The van der Waals surface area contributed by atoms with Crippen molar-refractivity contribution >= 4 is 17.4 Å². The van der Waals surface area contributed by atoms with Crippen molar-refractivity contribution in [1.82, 2.24) is 4.98 Å². The van der Waals surface area contributed by atoms with Gasteiger partial charge in [-0.25, -0.2) is 4.98 Å². The van der Waals surface area contributed by atoms with Gasteiger partial charge in [0.25, 0.3) is 5.91 Å². The van der Waals surface area contributed by atoms with Crippen LogP contribution >= 0.6 is 0 Å². The van der Waals surface area contributed by atoms with E-state index in [9.17, 15) is 4.79 Å². The Morgan fingerprint density at radius 2 is 1.89 bits per heavy atom. The third-order valence-corrected chi connectivity index (χ3v) is 4.58. The molecule has 2 N–H and O–H groups in total. The Kier molecular flexibility index (Phi) is 4.85. The highest BCUT2D eigenvalue weighted by atomic mass is 16.7. The van der Waals surface area contributed by atoms with E-state index < -0.39 is 0 Å². The summed E-state index contributed by atoms with van der Waals surface area (Å²) in [6.07, 6.45) is 1.57. The average molecular weight is 375 g/mol. The number of amides is 1. The maximum Gasteiger partial charge on any atom is 0.257 e. The molecule has 1 aliphatic rings. The number of benzene rings is 2. The van der Waals surface area contributed by atoms with Crippen LogP contribution in [0.5, 0.6) is 11.5 Å². The monoisotopic (exact) mass is 375 g/mol. The van der Waals surface area contributed by atoms with E-state index in [1.807, 2.05) is 50.2 Å². The maximum absolute atomic E-state index is 12.5. The lowest BCUT2D eigenvalue weighted by atomic mass is 10.1. The number of nitrogens with one attached hydrogen (secondary N) is 2. The third kappa shape index (κ3) is 3.91. The molecule has 0 radical (unpaired) electrons. The van der Waals surface area contributed by atoms with E-state index in [4.69, 9.17) is 9.47 Å². The van der Waals surface area contributed by atoms with Crippen molar-refractivity contribution in [2.45, 2.75) is 20.4 Å². The first-order chi connectivity index (χ1) is 13.6. The zero-order valence-electron chi connectivity index (χ0n) is 15.8. The van der Waals surface area contributed by atoms with Gasteiger partial charge >= 0.3 is 0 Å². The normalized spacial score (nSPS) is 11.9. The second-order valence-electron chi connectivity index (χ2n) is 6.75. The van der Waals surface area contributed by atoms with Crippen LogP contribution in [0.2, 0.25) is 0 Å². The molecule has 2 aromatic carbocycles. The fourth-order valence-corrected chi connectivity index (χ4v) is 2.94. The second kappa shape index (κ2) is 7.60. The largest absolute Gasteiger partial charge is 0.454 e. The topological polar surface area (TPSA) is 72.5 Å². The first kappa shape index (κ1) is 17.9. The van der Waals surface area contributed by atoms with E-state index in [0.29, 0.717) is 17.9 Å². The molecule has 0 unspecified atom stereocenters. The molecule has 28 heavy (non-hydrogen) atoms. The molecule has 0 spiro atoms. The highest BCUT2D eigenvalue weighted by Crippen LogP contribution is 2.32. The summed E-state index contributed by atoms with van der Waals surface area (Å²) < 4.78 is 10.7. The van der Waals surface area contributed by atoms with Crippen molar-refractivity contribution in [3.8, 4) is 11.5 Å². The number of anilines is 2. The van der Waals surface area contributed by atoms with Gasteiger partial charge < -0.3 is 20.1 Å². The maximum atomic E-state index is 12.5. The molecule has 1 aliphatic heterocycles. The minimum atomic E-state index is -0.177. The lowest BCUT2D eigenvalue weighted by Crippen LogP contribution is -2.13. The minimum Gasteiger partial charge on any atom is -0.454 e. The molecule has 0 saturated carbocycles. The molecule has 1 amide bonds. The highest BCUT2D eigenvalue weighted by Gasteiger charge is 2.13. The van der Waals surface area contributed by atoms with Gasteiger partial charge in [0.15, 0.2) is 11.5 Å². The Hall–Kier alpha value is -3.54. The summed E-state index contributed by atoms with van der Waals surface area (Å²) in [7, 11) is 0. The van der Waals surface area contributed by atoms with Gasteiger partial charge in [0.1, 0.15) is 5.82 Å². The van der Waals surface area contributed by atoms with Gasteiger partial charge in [0.2, 0.25) is 6.79 Å². The van der Waals surface area contributed by atoms with Crippen molar-refractivity contribution in [2.75, 3.05) is 17.4 Å². The number of carbonyl (C=O) groups is 1. The number of rotatable bonds is 5. The van der Waals surface area contributed by atoms with E-state index in [0.717, 1.165) is 33.9 Å². The summed E-state index contributed by atoms with van der Waals surface area (Å²) in [5, 5.41) is 6.19. The van der Waals surface area contributed by atoms with Gasteiger partial charge in [-0.3, -0.25) is 4.79 Å². The van der Waals surface area contributed by atoms with Crippen LogP contribution in [0.15, 0.2) is 54.7 Å². The van der Waals surface area contributed by atoms with Crippen LogP contribution in [-0.4, -0.2) is 17.7 Å². The molecule has 6 nitrogen and oxygen atoms in total. The summed E-state index contributed by atoms with van der Waals surface area (Å²) in [4.78, 5) is 16.8. The third-order valence-electron chi connectivity index (χ3n) is 4.58. The molecule has 2 heterocycles. The number of hydrogen-bond acceptors (Lipinski definition) is 5. The van der Waals surface area contributed by atoms with E-state index >= 15 is 0 Å². The number of carbonyl (C=O) groups excluding carboxylic acids is 1. The fraction of sp³-hybridized carbons (Fsp3) is 0.182. The smallest absolute Gasteiger partial charge is 0.257 e. The van der Waals surface area contributed by atoms with Crippen molar-refractivity contribution in [1.29, 1.82) is 0 Å². The molecule has 0 aliphatic carbocycles. The Bertz CT molecular complexity index is 1020. The number of fused-ring (bicyclic) bond motifs is 1. The number of hydrogen-bond donors (Lipinski definition) is 2. The fourth-order valence-electron chi connectivity index (χ4n) is 2.94.